The van der Waals surface area contributed by atoms with Gasteiger partial charge in [0.2, 0.25) is 5.75 Å². The molecule has 0 fully saturated rings. The van der Waals surface area contributed by atoms with Crippen LogP contribution in [0.25, 0.3) is 5.57 Å². The second-order valence-electron chi connectivity index (χ2n) is 6.24. The summed E-state index contributed by atoms with van der Waals surface area (Å²) in [6, 6.07) is 7.04. The van der Waals surface area contributed by atoms with Gasteiger partial charge in [-0.15, -0.1) is 0 Å². The molecular weight excluding hydrogens is 348 g/mol. The maximum atomic E-state index is 10.4. The molecule has 0 spiro atoms. The molecule has 2 aromatic rings. The van der Waals surface area contributed by atoms with Crippen LogP contribution < -0.4 is 18.9 Å². The highest BCUT2D eigenvalue weighted by molar-refractivity contribution is 5.86. The fraction of sp³-hybridized carbons (Fsp3) is 0.333. The Kier molecular flexibility index (Phi) is 5.46. The number of aromatic hydroxyl groups is 1. The normalized spacial score (nSPS) is 16.0. The van der Waals surface area contributed by atoms with Gasteiger partial charge in [0.15, 0.2) is 23.0 Å². The molecule has 1 aliphatic carbocycles. The molecule has 1 aliphatic rings. The molecule has 0 amide bonds. The fourth-order valence-electron chi connectivity index (χ4n) is 3.47. The van der Waals surface area contributed by atoms with Crippen molar-refractivity contribution in [1.82, 2.24) is 0 Å². The van der Waals surface area contributed by atoms with Crippen molar-refractivity contribution in [1.29, 1.82) is 0 Å². The van der Waals surface area contributed by atoms with Crippen LogP contribution >= 0.6 is 0 Å². The van der Waals surface area contributed by atoms with E-state index in [1.54, 1.807) is 39.5 Å². The lowest BCUT2D eigenvalue weighted by atomic mass is 9.92. The first-order valence-electron chi connectivity index (χ1n) is 8.63. The monoisotopic (exact) mass is 372 g/mol. The number of rotatable bonds is 5. The van der Waals surface area contributed by atoms with Crippen molar-refractivity contribution >= 4 is 5.57 Å². The van der Waals surface area contributed by atoms with E-state index in [-0.39, 0.29) is 5.75 Å². The lowest BCUT2D eigenvalue weighted by molar-refractivity contribution is 0.214. The predicted octanol–water partition coefficient (Wildman–Crippen LogP) is 3.17. The highest BCUT2D eigenvalue weighted by atomic mass is 16.5. The van der Waals surface area contributed by atoms with Crippen molar-refractivity contribution < 1.29 is 29.2 Å². The second kappa shape index (κ2) is 7.80. The van der Waals surface area contributed by atoms with Crippen LogP contribution in [0.2, 0.25) is 0 Å². The predicted molar refractivity (Wildman–Crippen MR) is 102 cm³/mol. The van der Waals surface area contributed by atoms with Gasteiger partial charge in [0.1, 0.15) is 0 Å². The fourth-order valence-corrected chi connectivity index (χ4v) is 3.47. The van der Waals surface area contributed by atoms with E-state index in [2.05, 4.69) is 0 Å². The van der Waals surface area contributed by atoms with Gasteiger partial charge in [-0.1, -0.05) is 6.07 Å². The summed E-state index contributed by atoms with van der Waals surface area (Å²) in [7, 11) is 6.22. The van der Waals surface area contributed by atoms with Crippen LogP contribution in [0.1, 0.15) is 23.1 Å². The lowest BCUT2D eigenvalue weighted by Gasteiger charge is -2.20. The van der Waals surface area contributed by atoms with E-state index in [0.29, 0.717) is 35.8 Å². The summed E-state index contributed by atoms with van der Waals surface area (Å²) in [5.74, 6) is 2.06. The minimum absolute atomic E-state index is 0.0311. The Morgan fingerprint density at radius 2 is 1.59 bits per heavy atom. The van der Waals surface area contributed by atoms with Crippen LogP contribution in [0, 0.1) is 0 Å². The summed E-state index contributed by atoms with van der Waals surface area (Å²) >= 11 is 0. The minimum atomic E-state index is -0.627. The van der Waals surface area contributed by atoms with E-state index in [4.69, 9.17) is 18.9 Å². The molecule has 6 heteroatoms. The summed E-state index contributed by atoms with van der Waals surface area (Å²) in [6.45, 7) is 0. The first-order chi connectivity index (χ1) is 13.0. The Hall–Kier alpha value is -2.86. The molecule has 0 aromatic heterocycles. The van der Waals surface area contributed by atoms with Gasteiger partial charge in [0, 0.05) is 5.56 Å². The zero-order valence-electron chi connectivity index (χ0n) is 15.9. The van der Waals surface area contributed by atoms with Gasteiger partial charge in [0.05, 0.1) is 34.5 Å². The molecule has 3 rings (SSSR count). The van der Waals surface area contributed by atoms with Gasteiger partial charge < -0.3 is 29.2 Å². The number of ether oxygens (including phenoxy) is 4. The number of aliphatic hydroxyl groups is 1. The highest BCUT2D eigenvalue weighted by Crippen LogP contribution is 2.47. The number of fused-ring (bicyclic) bond motifs is 1. The Balaban J connectivity index is 2.26. The van der Waals surface area contributed by atoms with Crippen molar-refractivity contribution in [2.75, 3.05) is 28.4 Å². The van der Waals surface area contributed by atoms with Crippen LogP contribution in [0.3, 0.4) is 0 Å². The van der Waals surface area contributed by atoms with Gasteiger partial charge in [0.25, 0.3) is 0 Å². The maximum Gasteiger partial charge on any atom is 0.203 e. The van der Waals surface area contributed by atoms with Crippen molar-refractivity contribution in [3.8, 4) is 28.7 Å². The minimum Gasteiger partial charge on any atom is -0.504 e. The van der Waals surface area contributed by atoms with E-state index in [0.717, 1.165) is 22.3 Å². The molecule has 0 radical (unpaired) electrons. The van der Waals surface area contributed by atoms with E-state index in [1.807, 2.05) is 12.1 Å². The number of hydrogen-bond acceptors (Lipinski definition) is 6. The van der Waals surface area contributed by atoms with Crippen LogP contribution in [0.5, 0.6) is 28.7 Å². The molecule has 2 aromatic carbocycles. The smallest absolute Gasteiger partial charge is 0.203 e. The van der Waals surface area contributed by atoms with Crippen LogP contribution in [0.4, 0.5) is 0 Å². The number of phenolic OH excluding ortho intramolecular Hbond substituents is 1. The quantitative estimate of drug-likeness (QED) is 0.840. The Labute approximate surface area is 158 Å². The van der Waals surface area contributed by atoms with E-state index in [1.165, 1.54) is 7.11 Å². The zero-order valence-corrected chi connectivity index (χ0v) is 15.9. The molecule has 0 saturated heterocycles. The molecule has 0 aliphatic heterocycles. The number of hydrogen-bond donors (Lipinski definition) is 2. The molecular formula is C21H24O6. The largest absolute Gasteiger partial charge is 0.504 e. The number of methoxy groups -OCH3 is 4. The summed E-state index contributed by atoms with van der Waals surface area (Å²) in [4.78, 5) is 0. The van der Waals surface area contributed by atoms with Gasteiger partial charge in [-0.3, -0.25) is 0 Å². The number of benzene rings is 2. The third-order valence-electron chi connectivity index (χ3n) is 4.76. The van der Waals surface area contributed by atoms with Crippen LogP contribution in [-0.4, -0.2) is 44.8 Å². The molecule has 0 bridgehead atoms. The first-order valence-corrected chi connectivity index (χ1v) is 8.63. The Bertz CT molecular complexity index is 871. The topological polar surface area (TPSA) is 77.4 Å². The van der Waals surface area contributed by atoms with E-state index in [9.17, 15) is 10.2 Å². The third kappa shape index (κ3) is 3.40. The Morgan fingerprint density at radius 3 is 2.19 bits per heavy atom. The first kappa shape index (κ1) is 18.9. The average molecular weight is 372 g/mol. The SMILES string of the molecule is COc1ccc(C2=C[C@H](O)CCc3c2cc(OC)c(OC)c3OC)cc1O. The van der Waals surface area contributed by atoms with E-state index < -0.39 is 6.10 Å². The highest BCUT2D eigenvalue weighted by Gasteiger charge is 2.26. The van der Waals surface area contributed by atoms with Crippen molar-refractivity contribution in [2.24, 2.45) is 0 Å². The molecule has 0 saturated carbocycles. The zero-order chi connectivity index (χ0) is 19.6. The Morgan fingerprint density at radius 1 is 0.889 bits per heavy atom. The molecule has 2 N–H and O–H groups in total. The number of aliphatic hydroxyl groups excluding tert-OH is 1. The molecule has 144 valence electrons. The van der Waals surface area contributed by atoms with Crippen molar-refractivity contribution in [3.05, 3.63) is 47.0 Å². The van der Waals surface area contributed by atoms with Gasteiger partial charge in [-0.05, 0) is 53.8 Å². The van der Waals surface area contributed by atoms with Crippen molar-refractivity contribution in [3.63, 3.8) is 0 Å². The standard InChI is InChI=1S/C21H24O6/c1-24-18-8-5-12(9-17(18)23)15-10-13(22)6-7-14-16(15)11-19(25-2)21(27-4)20(14)26-3/h5,8-11,13,22-23H,6-7H2,1-4H3/t13-/m1/s1. The van der Waals surface area contributed by atoms with Gasteiger partial charge in [-0.25, -0.2) is 0 Å². The average Bonchev–Trinajstić information content (AvgIpc) is 2.85. The molecule has 1 atom stereocenters. The van der Waals surface area contributed by atoms with Gasteiger partial charge in [-0.2, -0.15) is 0 Å². The maximum absolute atomic E-state index is 10.4. The molecule has 0 heterocycles. The number of phenols is 1. The van der Waals surface area contributed by atoms with Crippen molar-refractivity contribution in [2.45, 2.75) is 18.9 Å². The van der Waals surface area contributed by atoms with Gasteiger partial charge >= 0.3 is 0 Å². The second-order valence-corrected chi connectivity index (χ2v) is 6.24. The summed E-state index contributed by atoms with van der Waals surface area (Å²) in [5.41, 5.74) is 3.33. The third-order valence-corrected chi connectivity index (χ3v) is 4.76. The van der Waals surface area contributed by atoms with Crippen LogP contribution in [-0.2, 0) is 6.42 Å². The van der Waals surface area contributed by atoms with Crippen LogP contribution in [0.15, 0.2) is 30.3 Å². The van der Waals surface area contributed by atoms with E-state index >= 15 is 0 Å². The summed E-state index contributed by atoms with van der Waals surface area (Å²) < 4.78 is 21.7. The molecule has 6 nitrogen and oxygen atoms in total. The lowest BCUT2D eigenvalue weighted by Crippen LogP contribution is -2.04. The summed E-state index contributed by atoms with van der Waals surface area (Å²) in [5, 5.41) is 20.6. The molecule has 0 unspecified atom stereocenters. The summed E-state index contributed by atoms with van der Waals surface area (Å²) in [6.07, 6.45) is 2.32. The molecule has 27 heavy (non-hydrogen) atoms.